The van der Waals surface area contributed by atoms with E-state index in [-0.39, 0.29) is 5.82 Å². The van der Waals surface area contributed by atoms with Crippen LogP contribution in [0.4, 0.5) is 10.1 Å². The number of hydrogen-bond acceptors (Lipinski definition) is 3. The van der Waals surface area contributed by atoms with Gasteiger partial charge in [-0.25, -0.2) is 4.39 Å². The molecule has 0 saturated carbocycles. The molecule has 0 bridgehead atoms. The number of hydrogen-bond donors (Lipinski definition) is 1. The van der Waals surface area contributed by atoms with Gasteiger partial charge in [0.05, 0.1) is 14.2 Å². The van der Waals surface area contributed by atoms with Gasteiger partial charge in [0.15, 0.2) is 0 Å². The van der Waals surface area contributed by atoms with Crippen LogP contribution in [0.25, 0.3) is 0 Å². The van der Waals surface area contributed by atoms with Crippen LogP contribution >= 0.6 is 0 Å². The Labute approximate surface area is 112 Å². The van der Waals surface area contributed by atoms with Gasteiger partial charge in [0.2, 0.25) is 0 Å². The van der Waals surface area contributed by atoms with Crippen LogP contribution in [-0.4, -0.2) is 14.2 Å². The van der Waals surface area contributed by atoms with Gasteiger partial charge < -0.3 is 14.8 Å². The molecule has 0 aliphatic rings. The molecule has 3 nitrogen and oxygen atoms in total. The van der Waals surface area contributed by atoms with Crippen molar-refractivity contribution in [1.29, 1.82) is 0 Å². The summed E-state index contributed by atoms with van der Waals surface area (Å²) in [5.74, 6) is 1.17. The van der Waals surface area contributed by atoms with Crippen molar-refractivity contribution in [2.75, 3.05) is 19.5 Å². The Morgan fingerprint density at radius 3 is 2.68 bits per heavy atom. The lowest BCUT2D eigenvalue weighted by molar-refractivity contribution is 0.391. The lowest BCUT2D eigenvalue weighted by atomic mass is 10.2. The van der Waals surface area contributed by atoms with Crippen molar-refractivity contribution in [3.63, 3.8) is 0 Å². The van der Waals surface area contributed by atoms with Crippen LogP contribution in [0.15, 0.2) is 36.4 Å². The minimum atomic E-state index is -0.289. The second-order valence-corrected chi connectivity index (χ2v) is 3.95. The molecule has 0 amide bonds. The molecule has 2 rings (SSSR count). The summed E-state index contributed by atoms with van der Waals surface area (Å²) in [6.45, 7) is 0.521. The third-order valence-electron chi connectivity index (χ3n) is 2.73. The standard InChI is InChI=1S/C15H15FNO2/c1-18-14-7-6-11(15(9-14)19-2)10-17-13-5-3-4-12(16)8-13/h3-4,6-9,17H,10H2,1-2H3. The molecule has 0 spiro atoms. The summed E-state index contributed by atoms with van der Waals surface area (Å²) < 4.78 is 23.5. The Bertz CT molecular complexity index is 558. The van der Waals surface area contributed by atoms with E-state index in [0.717, 1.165) is 17.1 Å². The van der Waals surface area contributed by atoms with E-state index in [0.29, 0.717) is 12.2 Å². The van der Waals surface area contributed by atoms with Crippen LogP contribution in [0.3, 0.4) is 0 Å². The second kappa shape index (κ2) is 6.09. The molecular weight excluding hydrogens is 245 g/mol. The molecule has 2 aromatic rings. The fraction of sp³-hybridized carbons (Fsp3) is 0.200. The molecule has 0 aliphatic carbocycles. The van der Waals surface area contributed by atoms with Gasteiger partial charge in [-0.3, -0.25) is 0 Å². The topological polar surface area (TPSA) is 30.5 Å². The zero-order chi connectivity index (χ0) is 13.7. The summed E-state index contributed by atoms with van der Waals surface area (Å²) in [5, 5.41) is 3.10. The number of anilines is 1. The van der Waals surface area contributed by atoms with Gasteiger partial charge in [-0.2, -0.15) is 0 Å². The average Bonchev–Trinajstić information content (AvgIpc) is 2.45. The lowest BCUT2D eigenvalue weighted by Crippen LogP contribution is -2.02. The molecule has 2 aromatic carbocycles. The maximum Gasteiger partial charge on any atom is 0.127 e. The van der Waals surface area contributed by atoms with E-state index in [1.54, 1.807) is 20.3 Å². The van der Waals surface area contributed by atoms with Gasteiger partial charge in [0, 0.05) is 29.9 Å². The Morgan fingerprint density at radius 1 is 1.16 bits per heavy atom. The van der Waals surface area contributed by atoms with Gasteiger partial charge in [-0.1, -0.05) is 0 Å². The Balaban J connectivity index is 2.11. The molecule has 0 heterocycles. The lowest BCUT2D eigenvalue weighted by Gasteiger charge is -2.12. The van der Waals surface area contributed by atoms with Gasteiger partial charge in [0.1, 0.15) is 17.3 Å². The molecule has 0 aromatic heterocycles. The van der Waals surface area contributed by atoms with Crippen LogP contribution in [0.5, 0.6) is 11.5 Å². The molecule has 0 unspecified atom stereocenters. The Kier molecular flexibility index (Phi) is 4.23. The summed E-state index contributed by atoms with van der Waals surface area (Å²) in [5.41, 5.74) is 1.57. The third kappa shape index (κ3) is 3.37. The molecule has 0 saturated heterocycles. The van der Waals surface area contributed by atoms with Crippen molar-refractivity contribution in [3.05, 3.63) is 53.8 Å². The van der Waals surface area contributed by atoms with Gasteiger partial charge >= 0.3 is 0 Å². The predicted molar refractivity (Wildman–Crippen MR) is 72.1 cm³/mol. The fourth-order valence-electron chi connectivity index (χ4n) is 1.73. The highest BCUT2D eigenvalue weighted by Gasteiger charge is 2.05. The quantitative estimate of drug-likeness (QED) is 0.895. The molecule has 19 heavy (non-hydrogen) atoms. The van der Waals surface area contributed by atoms with Crippen molar-refractivity contribution in [2.45, 2.75) is 6.54 Å². The molecule has 1 radical (unpaired) electrons. The highest BCUT2D eigenvalue weighted by molar-refractivity contribution is 5.46. The first-order valence-electron chi connectivity index (χ1n) is 5.85. The van der Waals surface area contributed by atoms with E-state index in [2.05, 4.69) is 11.4 Å². The van der Waals surface area contributed by atoms with Crippen molar-refractivity contribution in [2.24, 2.45) is 0 Å². The first-order valence-corrected chi connectivity index (χ1v) is 5.85. The Hall–Kier alpha value is -2.23. The molecule has 99 valence electrons. The highest BCUT2D eigenvalue weighted by Crippen LogP contribution is 2.25. The van der Waals surface area contributed by atoms with Crippen molar-refractivity contribution >= 4 is 5.69 Å². The fourth-order valence-corrected chi connectivity index (χ4v) is 1.73. The van der Waals surface area contributed by atoms with Crippen molar-refractivity contribution < 1.29 is 13.9 Å². The van der Waals surface area contributed by atoms with E-state index >= 15 is 0 Å². The molecule has 1 N–H and O–H groups in total. The van der Waals surface area contributed by atoms with Crippen LogP contribution in [0.1, 0.15) is 5.56 Å². The maximum atomic E-state index is 13.0. The molecule has 0 atom stereocenters. The molecule has 0 fully saturated rings. The first kappa shape index (κ1) is 13.2. The van der Waals surface area contributed by atoms with E-state index in [1.165, 1.54) is 12.1 Å². The minimum absolute atomic E-state index is 0.289. The number of methoxy groups -OCH3 is 2. The molecule has 0 aliphatic heterocycles. The first-order chi connectivity index (χ1) is 9.22. The largest absolute Gasteiger partial charge is 0.497 e. The zero-order valence-corrected chi connectivity index (χ0v) is 10.9. The smallest absolute Gasteiger partial charge is 0.127 e. The number of ether oxygens (including phenoxy) is 2. The third-order valence-corrected chi connectivity index (χ3v) is 2.73. The molecular formula is C15H15FNO2. The van der Waals surface area contributed by atoms with Crippen molar-refractivity contribution in [1.82, 2.24) is 0 Å². The minimum Gasteiger partial charge on any atom is -0.497 e. The number of nitrogens with one attached hydrogen (secondary N) is 1. The zero-order valence-electron chi connectivity index (χ0n) is 10.9. The average molecular weight is 260 g/mol. The maximum absolute atomic E-state index is 13.0. The van der Waals surface area contributed by atoms with Crippen LogP contribution < -0.4 is 14.8 Å². The summed E-state index contributed by atoms with van der Waals surface area (Å²) >= 11 is 0. The monoisotopic (exact) mass is 260 g/mol. The van der Waals surface area contributed by atoms with Gasteiger partial charge in [-0.15, -0.1) is 0 Å². The summed E-state index contributed by atoms with van der Waals surface area (Å²) in [4.78, 5) is 0. The summed E-state index contributed by atoms with van der Waals surface area (Å²) in [6, 6.07) is 12.8. The van der Waals surface area contributed by atoms with E-state index in [4.69, 9.17) is 9.47 Å². The van der Waals surface area contributed by atoms with Crippen molar-refractivity contribution in [3.8, 4) is 11.5 Å². The Morgan fingerprint density at radius 2 is 2.00 bits per heavy atom. The van der Waals surface area contributed by atoms with Gasteiger partial charge in [0.25, 0.3) is 0 Å². The highest BCUT2D eigenvalue weighted by atomic mass is 19.1. The van der Waals surface area contributed by atoms with Crippen LogP contribution in [-0.2, 0) is 6.54 Å². The van der Waals surface area contributed by atoms with E-state index in [1.807, 2.05) is 18.2 Å². The normalized spacial score (nSPS) is 10.1. The van der Waals surface area contributed by atoms with Crippen LogP contribution in [0, 0.1) is 11.9 Å². The molecule has 4 heteroatoms. The van der Waals surface area contributed by atoms with Gasteiger partial charge in [-0.05, 0) is 30.3 Å². The number of rotatable bonds is 5. The predicted octanol–water partition coefficient (Wildman–Crippen LogP) is 3.26. The second-order valence-electron chi connectivity index (χ2n) is 3.95. The number of halogens is 1. The van der Waals surface area contributed by atoms with Crippen LogP contribution in [0.2, 0.25) is 0 Å². The van der Waals surface area contributed by atoms with E-state index < -0.39 is 0 Å². The number of benzene rings is 2. The summed E-state index contributed by atoms with van der Waals surface area (Å²) in [6.07, 6.45) is 0. The summed E-state index contributed by atoms with van der Waals surface area (Å²) in [7, 11) is 3.21. The SMILES string of the molecule is COc1ccc(CNc2[c]ccc(F)c2)c(OC)c1. The van der Waals surface area contributed by atoms with E-state index in [9.17, 15) is 4.39 Å².